The molecule has 0 bridgehead atoms. The molecule has 0 saturated heterocycles. The minimum absolute atomic E-state index is 0.740. The first-order valence-electron chi connectivity index (χ1n) is 7.12. The Balaban J connectivity index is 1.54. The smallest absolute Gasteiger partial charge is 0.160 e. The molecule has 2 N–H and O–H groups in total. The summed E-state index contributed by atoms with van der Waals surface area (Å²) in [5.74, 6) is 0.798. The van der Waals surface area contributed by atoms with Crippen LogP contribution in [0.5, 0.6) is 0 Å². The summed E-state index contributed by atoms with van der Waals surface area (Å²) >= 11 is 0. The minimum Gasteiger partial charge on any atom is -0.369 e. The maximum absolute atomic E-state index is 4.48. The Morgan fingerprint density at radius 2 is 2.00 bits per heavy atom. The van der Waals surface area contributed by atoms with E-state index < -0.39 is 0 Å². The van der Waals surface area contributed by atoms with Crippen LogP contribution in [0.3, 0.4) is 0 Å². The lowest BCUT2D eigenvalue weighted by Crippen LogP contribution is -2.07. The van der Waals surface area contributed by atoms with Crippen LogP contribution in [-0.4, -0.2) is 31.7 Å². The third-order valence-electron chi connectivity index (χ3n) is 3.65. The van der Waals surface area contributed by atoms with E-state index in [0.29, 0.717) is 0 Å². The topological polar surface area (TPSA) is 79.4 Å². The van der Waals surface area contributed by atoms with Crippen molar-refractivity contribution in [2.75, 3.05) is 11.9 Å². The number of nitrogens with one attached hydrogen (secondary N) is 2. The molecule has 0 spiro atoms. The number of para-hydroxylation sites is 1. The number of fused-ring (bicyclic) bond motifs is 2. The number of aromatic amines is 1. The van der Waals surface area contributed by atoms with Crippen molar-refractivity contribution >= 4 is 27.8 Å². The van der Waals surface area contributed by atoms with E-state index in [4.69, 9.17) is 0 Å². The molecule has 0 radical (unpaired) electrons. The average Bonchev–Trinajstić information content (AvgIpc) is 3.05. The summed E-state index contributed by atoms with van der Waals surface area (Å²) in [5.41, 5.74) is 3.02. The lowest BCUT2D eigenvalue weighted by atomic mass is 10.1. The minimum atomic E-state index is 0.740. The van der Waals surface area contributed by atoms with Gasteiger partial charge in [0.2, 0.25) is 0 Å². The standard InChI is InChI=1S/C16H14N6/c1-3-11-5-2-7-17-14(11)12(4-1)6-8-18-15-13-9-21-22-16(13)20-10-19-15/h1-5,7,9-10H,6,8H2,(H2,18,19,20,21,22). The summed E-state index contributed by atoms with van der Waals surface area (Å²) in [6.45, 7) is 0.771. The van der Waals surface area contributed by atoms with Crippen molar-refractivity contribution in [3.8, 4) is 0 Å². The quantitative estimate of drug-likeness (QED) is 0.604. The molecule has 6 nitrogen and oxygen atoms in total. The van der Waals surface area contributed by atoms with Gasteiger partial charge in [-0.1, -0.05) is 24.3 Å². The lowest BCUT2D eigenvalue weighted by Gasteiger charge is -2.08. The molecule has 4 aromatic rings. The fourth-order valence-corrected chi connectivity index (χ4v) is 2.59. The molecule has 0 aliphatic heterocycles. The van der Waals surface area contributed by atoms with E-state index in [9.17, 15) is 0 Å². The first-order chi connectivity index (χ1) is 10.9. The van der Waals surface area contributed by atoms with Gasteiger partial charge in [0.05, 0.1) is 17.1 Å². The molecule has 3 aromatic heterocycles. The van der Waals surface area contributed by atoms with E-state index >= 15 is 0 Å². The maximum atomic E-state index is 4.48. The fraction of sp³-hybridized carbons (Fsp3) is 0.125. The van der Waals surface area contributed by atoms with E-state index in [0.717, 1.165) is 35.3 Å². The molecule has 22 heavy (non-hydrogen) atoms. The first kappa shape index (κ1) is 12.7. The molecule has 0 saturated carbocycles. The van der Waals surface area contributed by atoms with Crippen LogP contribution >= 0.6 is 0 Å². The normalized spacial score (nSPS) is 11.1. The van der Waals surface area contributed by atoms with Gasteiger partial charge in [0, 0.05) is 18.1 Å². The van der Waals surface area contributed by atoms with Crippen LogP contribution in [0.25, 0.3) is 21.9 Å². The number of anilines is 1. The number of benzene rings is 1. The van der Waals surface area contributed by atoms with E-state index in [1.807, 2.05) is 12.3 Å². The van der Waals surface area contributed by atoms with Crippen LogP contribution in [0, 0.1) is 0 Å². The second-order valence-electron chi connectivity index (χ2n) is 5.02. The average molecular weight is 290 g/mol. The van der Waals surface area contributed by atoms with Crippen molar-refractivity contribution in [1.29, 1.82) is 0 Å². The summed E-state index contributed by atoms with van der Waals surface area (Å²) in [4.78, 5) is 12.9. The second kappa shape index (κ2) is 5.40. The summed E-state index contributed by atoms with van der Waals surface area (Å²) < 4.78 is 0. The van der Waals surface area contributed by atoms with Gasteiger partial charge in [0.15, 0.2) is 5.65 Å². The first-order valence-corrected chi connectivity index (χ1v) is 7.12. The van der Waals surface area contributed by atoms with Crippen molar-refractivity contribution < 1.29 is 0 Å². The summed E-state index contributed by atoms with van der Waals surface area (Å²) in [6, 6.07) is 10.3. The monoisotopic (exact) mass is 290 g/mol. The fourth-order valence-electron chi connectivity index (χ4n) is 2.59. The highest BCUT2D eigenvalue weighted by Crippen LogP contribution is 2.18. The molecule has 0 atom stereocenters. The SMILES string of the molecule is c1cnc2c(CCNc3ncnc4[nH]ncc34)cccc2c1. The molecule has 108 valence electrons. The van der Waals surface area contributed by atoms with Crippen molar-refractivity contribution in [3.63, 3.8) is 0 Å². The summed E-state index contributed by atoms with van der Waals surface area (Å²) in [5, 5.41) is 12.2. The van der Waals surface area contributed by atoms with Crippen LogP contribution in [0.4, 0.5) is 5.82 Å². The summed E-state index contributed by atoms with van der Waals surface area (Å²) in [7, 11) is 0. The van der Waals surface area contributed by atoms with Crippen LogP contribution in [-0.2, 0) is 6.42 Å². The van der Waals surface area contributed by atoms with Crippen LogP contribution < -0.4 is 5.32 Å². The number of hydrogen-bond acceptors (Lipinski definition) is 5. The van der Waals surface area contributed by atoms with Crippen LogP contribution in [0.1, 0.15) is 5.56 Å². The Kier molecular flexibility index (Phi) is 3.12. The Hall–Kier alpha value is -3.02. The third kappa shape index (κ3) is 2.24. The van der Waals surface area contributed by atoms with Gasteiger partial charge in [-0.25, -0.2) is 9.97 Å². The zero-order chi connectivity index (χ0) is 14.8. The third-order valence-corrected chi connectivity index (χ3v) is 3.65. The van der Waals surface area contributed by atoms with Gasteiger partial charge in [-0.15, -0.1) is 0 Å². The maximum Gasteiger partial charge on any atom is 0.160 e. The summed E-state index contributed by atoms with van der Waals surface area (Å²) in [6.07, 6.45) is 5.97. The van der Waals surface area contributed by atoms with Gasteiger partial charge < -0.3 is 5.32 Å². The molecule has 6 heteroatoms. The molecular weight excluding hydrogens is 276 g/mol. The molecular formula is C16H14N6. The largest absolute Gasteiger partial charge is 0.369 e. The Labute approximate surface area is 126 Å². The van der Waals surface area contributed by atoms with Crippen molar-refractivity contribution in [2.24, 2.45) is 0 Å². The highest BCUT2D eigenvalue weighted by Gasteiger charge is 2.05. The van der Waals surface area contributed by atoms with Crippen LogP contribution in [0.2, 0.25) is 0 Å². The highest BCUT2D eigenvalue weighted by molar-refractivity contribution is 5.85. The molecule has 1 aromatic carbocycles. The highest BCUT2D eigenvalue weighted by atomic mass is 15.2. The van der Waals surface area contributed by atoms with Gasteiger partial charge >= 0.3 is 0 Å². The molecule has 0 aliphatic carbocycles. The van der Waals surface area contributed by atoms with E-state index in [-0.39, 0.29) is 0 Å². The zero-order valence-electron chi connectivity index (χ0n) is 11.8. The number of nitrogens with zero attached hydrogens (tertiary/aromatic N) is 4. The number of aromatic nitrogens is 5. The van der Waals surface area contributed by atoms with E-state index in [1.54, 1.807) is 6.20 Å². The Bertz CT molecular complexity index is 925. The van der Waals surface area contributed by atoms with Gasteiger partial charge in [-0.2, -0.15) is 5.10 Å². The number of hydrogen-bond donors (Lipinski definition) is 2. The van der Waals surface area contributed by atoms with Gasteiger partial charge in [-0.05, 0) is 18.1 Å². The lowest BCUT2D eigenvalue weighted by molar-refractivity contribution is 1.01. The second-order valence-corrected chi connectivity index (χ2v) is 5.02. The zero-order valence-corrected chi connectivity index (χ0v) is 11.8. The van der Waals surface area contributed by atoms with Crippen molar-refractivity contribution in [1.82, 2.24) is 25.1 Å². The van der Waals surface area contributed by atoms with Gasteiger partial charge in [0.1, 0.15) is 12.1 Å². The molecule has 0 fully saturated rings. The Morgan fingerprint density at radius 1 is 1.05 bits per heavy atom. The molecule has 0 unspecified atom stereocenters. The number of pyridine rings is 1. The number of H-pyrrole nitrogens is 1. The predicted molar refractivity (Wildman–Crippen MR) is 85.6 cm³/mol. The van der Waals surface area contributed by atoms with Crippen LogP contribution in [0.15, 0.2) is 49.1 Å². The molecule has 4 rings (SSSR count). The van der Waals surface area contributed by atoms with E-state index in [2.05, 4.69) is 54.7 Å². The van der Waals surface area contributed by atoms with Gasteiger partial charge in [-0.3, -0.25) is 10.1 Å². The Morgan fingerprint density at radius 3 is 3.00 bits per heavy atom. The van der Waals surface area contributed by atoms with Crippen molar-refractivity contribution in [3.05, 3.63) is 54.6 Å². The molecule has 0 aliphatic rings. The molecule has 0 amide bonds. The number of rotatable bonds is 4. The predicted octanol–water partition coefficient (Wildman–Crippen LogP) is 2.56. The van der Waals surface area contributed by atoms with Gasteiger partial charge in [0.25, 0.3) is 0 Å². The molecule has 3 heterocycles. The van der Waals surface area contributed by atoms with Crippen molar-refractivity contribution in [2.45, 2.75) is 6.42 Å². The van der Waals surface area contributed by atoms with E-state index in [1.165, 1.54) is 17.3 Å².